The quantitative estimate of drug-likeness (QED) is 0.800. The Morgan fingerprint density at radius 2 is 2.33 bits per heavy atom. The van der Waals surface area contributed by atoms with E-state index in [0.717, 1.165) is 56.3 Å². The average Bonchev–Trinajstić information content (AvgIpc) is 2.53. The van der Waals surface area contributed by atoms with Gasteiger partial charge in [-0.3, -0.25) is 0 Å². The fourth-order valence-electron chi connectivity index (χ4n) is 2.82. The molecule has 0 spiro atoms. The predicted molar refractivity (Wildman–Crippen MR) is 84.0 cm³/mol. The third-order valence-electron chi connectivity index (χ3n) is 3.89. The van der Waals surface area contributed by atoms with E-state index in [1.54, 1.807) is 13.4 Å². The molecule has 1 aromatic heterocycles. The van der Waals surface area contributed by atoms with E-state index in [0.29, 0.717) is 5.92 Å². The van der Waals surface area contributed by atoms with Crippen LogP contribution < -0.4 is 15.0 Å². The van der Waals surface area contributed by atoms with Gasteiger partial charge in [0.15, 0.2) is 11.6 Å². The Balaban J connectivity index is 2.17. The maximum atomic E-state index is 9.14. The second kappa shape index (κ2) is 8.02. The monoisotopic (exact) mass is 294 g/mol. The van der Waals surface area contributed by atoms with Crippen molar-refractivity contribution in [3.05, 3.63) is 6.33 Å². The van der Waals surface area contributed by atoms with Crippen molar-refractivity contribution in [2.24, 2.45) is 5.92 Å². The summed E-state index contributed by atoms with van der Waals surface area (Å²) in [4.78, 5) is 11.0. The number of nitrogens with zero attached hydrogens (tertiary/aromatic N) is 3. The van der Waals surface area contributed by atoms with Gasteiger partial charge in [0.25, 0.3) is 0 Å². The van der Waals surface area contributed by atoms with Gasteiger partial charge in [0.05, 0.1) is 7.11 Å². The van der Waals surface area contributed by atoms with Crippen molar-refractivity contribution in [1.29, 1.82) is 0 Å². The van der Waals surface area contributed by atoms with Crippen LogP contribution in [0, 0.1) is 5.92 Å². The summed E-state index contributed by atoms with van der Waals surface area (Å²) in [5.74, 6) is 2.86. The number of aromatic nitrogens is 2. The van der Waals surface area contributed by atoms with E-state index in [-0.39, 0.29) is 6.61 Å². The second-order valence-electron chi connectivity index (χ2n) is 5.47. The molecule has 2 rings (SSSR count). The first-order chi connectivity index (χ1) is 10.3. The summed E-state index contributed by atoms with van der Waals surface area (Å²) in [6.07, 6.45) is 5.77. The van der Waals surface area contributed by atoms with E-state index in [9.17, 15) is 0 Å². The topological polar surface area (TPSA) is 70.5 Å². The molecule has 2 N–H and O–H groups in total. The van der Waals surface area contributed by atoms with Gasteiger partial charge in [0.1, 0.15) is 6.33 Å². The smallest absolute Gasteiger partial charge is 0.204 e. The van der Waals surface area contributed by atoms with Gasteiger partial charge >= 0.3 is 0 Å². The van der Waals surface area contributed by atoms with Gasteiger partial charge in [-0.15, -0.1) is 0 Å². The lowest BCUT2D eigenvalue weighted by molar-refractivity contribution is 0.244. The van der Waals surface area contributed by atoms with Crippen LogP contribution in [-0.4, -0.2) is 48.4 Å². The van der Waals surface area contributed by atoms with Crippen LogP contribution in [0.1, 0.15) is 32.6 Å². The van der Waals surface area contributed by atoms with Crippen LogP contribution in [0.3, 0.4) is 0 Å². The number of nitrogens with one attached hydrogen (secondary N) is 1. The molecule has 6 heteroatoms. The zero-order chi connectivity index (χ0) is 15.1. The number of rotatable bonds is 7. The van der Waals surface area contributed by atoms with Gasteiger partial charge in [0, 0.05) is 26.2 Å². The third-order valence-corrected chi connectivity index (χ3v) is 3.89. The van der Waals surface area contributed by atoms with Crippen LogP contribution in [0.2, 0.25) is 0 Å². The molecule has 0 amide bonds. The Morgan fingerprint density at radius 3 is 3.05 bits per heavy atom. The van der Waals surface area contributed by atoms with Crippen LogP contribution in [0.5, 0.6) is 5.75 Å². The molecule has 1 aliphatic heterocycles. The van der Waals surface area contributed by atoms with Crippen molar-refractivity contribution < 1.29 is 9.84 Å². The molecule has 6 nitrogen and oxygen atoms in total. The Bertz CT molecular complexity index is 440. The predicted octanol–water partition coefficient (Wildman–Crippen LogP) is 1.91. The normalized spacial score (nSPS) is 18.6. The highest BCUT2D eigenvalue weighted by Gasteiger charge is 2.24. The molecular formula is C15H26N4O2. The van der Waals surface area contributed by atoms with Gasteiger partial charge in [0.2, 0.25) is 5.75 Å². The molecule has 2 heterocycles. The number of methoxy groups -OCH3 is 1. The summed E-state index contributed by atoms with van der Waals surface area (Å²) in [5, 5.41) is 12.4. The fraction of sp³-hybridized carbons (Fsp3) is 0.733. The Morgan fingerprint density at radius 1 is 1.48 bits per heavy atom. The van der Waals surface area contributed by atoms with Gasteiger partial charge in [-0.25, -0.2) is 9.97 Å². The van der Waals surface area contributed by atoms with Crippen molar-refractivity contribution in [3.63, 3.8) is 0 Å². The first-order valence-electron chi connectivity index (χ1n) is 7.78. The maximum Gasteiger partial charge on any atom is 0.204 e. The largest absolute Gasteiger partial charge is 0.490 e. The number of piperidine rings is 1. The van der Waals surface area contributed by atoms with Gasteiger partial charge in [-0.2, -0.15) is 0 Å². The minimum absolute atomic E-state index is 0.253. The number of hydrogen-bond donors (Lipinski definition) is 2. The Labute approximate surface area is 126 Å². The summed E-state index contributed by atoms with van der Waals surface area (Å²) in [5.41, 5.74) is 0. The second-order valence-corrected chi connectivity index (χ2v) is 5.47. The maximum absolute atomic E-state index is 9.14. The molecule has 1 saturated heterocycles. The first-order valence-corrected chi connectivity index (χ1v) is 7.78. The Kier molecular flexibility index (Phi) is 6.04. The van der Waals surface area contributed by atoms with Crippen LogP contribution in [0.15, 0.2) is 6.33 Å². The van der Waals surface area contributed by atoms with Crippen molar-refractivity contribution in [2.75, 3.05) is 43.6 Å². The number of ether oxygens (including phenoxy) is 1. The van der Waals surface area contributed by atoms with Gasteiger partial charge in [-0.1, -0.05) is 6.92 Å². The number of aliphatic hydroxyl groups excluding tert-OH is 1. The minimum Gasteiger partial charge on any atom is -0.490 e. The SMILES string of the molecule is CCCNc1ncnc(N2CCCC(CCO)C2)c1OC. The molecule has 0 aliphatic carbocycles. The number of anilines is 2. The molecule has 0 bridgehead atoms. The van der Waals surface area contributed by atoms with Crippen molar-refractivity contribution in [3.8, 4) is 5.75 Å². The molecule has 1 aliphatic rings. The van der Waals surface area contributed by atoms with E-state index in [4.69, 9.17) is 9.84 Å². The highest BCUT2D eigenvalue weighted by atomic mass is 16.5. The van der Waals surface area contributed by atoms with Crippen LogP contribution in [0.4, 0.5) is 11.6 Å². The summed E-state index contributed by atoms with van der Waals surface area (Å²) in [6, 6.07) is 0. The molecule has 1 unspecified atom stereocenters. The van der Waals surface area contributed by atoms with E-state index in [1.807, 2.05) is 0 Å². The van der Waals surface area contributed by atoms with Crippen molar-refractivity contribution in [2.45, 2.75) is 32.6 Å². The zero-order valence-electron chi connectivity index (χ0n) is 13.0. The third kappa shape index (κ3) is 3.97. The lowest BCUT2D eigenvalue weighted by atomic mass is 9.95. The van der Waals surface area contributed by atoms with E-state index in [1.165, 1.54) is 6.42 Å². The number of aliphatic hydroxyl groups is 1. The minimum atomic E-state index is 0.253. The average molecular weight is 294 g/mol. The zero-order valence-corrected chi connectivity index (χ0v) is 13.0. The lowest BCUT2D eigenvalue weighted by Crippen LogP contribution is -2.36. The van der Waals surface area contributed by atoms with Crippen LogP contribution in [0.25, 0.3) is 0 Å². The summed E-state index contributed by atoms with van der Waals surface area (Å²) in [6.45, 7) is 5.12. The van der Waals surface area contributed by atoms with Crippen LogP contribution in [-0.2, 0) is 0 Å². The van der Waals surface area contributed by atoms with E-state index in [2.05, 4.69) is 27.1 Å². The molecule has 118 valence electrons. The Hall–Kier alpha value is -1.56. The van der Waals surface area contributed by atoms with E-state index < -0.39 is 0 Å². The standard InChI is InChI=1S/C15H26N4O2/c1-3-7-16-14-13(21-2)15(18-11-17-14)19-8-4-5-12(10-19)6-9-20/h11-12,20H,3-10H2,1-2H3,(H,16,17,18). The molecule has 1 fully saturated rings. The summed E-state index contributed by atoms with van der Waals surface area (Å²) < 4.78 is 5.54. The highest BCUT2D eigenvalue weighted by Crippen LogP contribution is 2.34. The van der Waals surface area contributed by atoms with Gasteiger partial charge < -0.3 is 20.1 Å². The molecule has 1 aromatic rings. The summed E-state index contributed by atoms with van der Waals surface area (Å²) >= 11 is 0. The number of hydrogen-bond acceptors (Lipinski definition) is 6. The molecule has 0 saturated carbocycles. The van der Waals surface area contributed by atoms with Crippen molar-refractivity contribution >= 4 is 11.6 Å². The fourth-order valence-corrected chi connectivity index (χ4v) is 2.82. The van der Waals surface area contributed by atoms with Crippen molar-refractivity contribution in [1.82, 2.24) is 9.97 Å². The summed E-state index contributed by atoms with van der Waals surface area (Å²) in [7, 11) is 1.66. The highest BCUT2D eigenvalue weighted by molar-refractivity contribution is 5.64. The van der Waals surface area contributed by atoms with E-state index >= 15 is 0 Å². The molecular weight excluding hydrogens is 268 g/mol. The molecule has 0 aromatic carbocycles. The molecule has 0 radical (unpaired) electrons. The molecule has 21 heavy (non-hydrogen) atoms. The van der Waals surface area contributed by atoms with Gasteiger partial charge in [-0.05, 0) is 31.6 Å². The first kappa shape index (κ1) is 15.8. The lowest BCUT2D eigenvalue weighted by Gasteiger charge is -2.34. The molecule has 1 atom stereocenters. The van der Waals surface area contributed by atoms with Crippen LogP contribution >= 0.6 is 0 Å².